The summed E-state index contributed by atoms with van der Waals surface area (Å²) in [5, 5.41) is 20.2. The number of aliphatic hydroxyl groups excluding tert-OH is 1. The summed E-state index contributed by atoms with van der Waals surface area (Å²) in [4.78, 5) is 51.4. The maximum Gasteiger partial charge on any atom is 0.243 e. The van der Waals surface area contributed by atoms with Crippen molar-refractivity contribution in [3.63, 3.8) is 0 Å². The van der Waals surface area contributed by atoms with E-state index in [2.05, 4.69) is 61.1 Å². The number of anilines is 1. The zero-order valence-electron chi connectivity index (χ0n) is 37.2. The van der Waals surface area contributed by atoms with E-state index < -0.39 is 23.8 Å². The van der Waals surface area contributed by atoms with E-state index in [4.69, 9.17) is 4.74 Å². The summed E-state index contributed by atoms with van der Waals surface area (Å²) in [5.74, 6) is 3.27. The number of aliphatic hydroxyl groups is 1. The summed E-state index contributed by atoms with van der Waals surface area (Å²) >= 11 is 0. The molecule has 1 unspecified atom stereocenters. The average Bonchev–Trinajstić information content (AvgIpc) is 3.62. The van der Waals surface area contributed by atoms with Crippen LogP contribution in [0.25, 0.3) is 0 Å². The van der Waals surface area contributed by atoms with Crippen LogP contribution in [0.4, 0.5) is 5.69 Å². The maximum atomic E-state index is 13.2. The van der Waals surface area contributed by atoms with E-state index in [0.717, 1.165) is 48.0 Å². The summed E-state index contributed by atoms with van der Waals surface area (Å²) in [6, 6.07) is 15.1. The van der Waals surface area contributed by atoms with Crippen molar-refractivity contribution in [2.24, 2.45) is 40.9 Å². The van der Waals surface area contributed by atoms with E-state index >= 15 is 0 Å². The Morgan fingerprint density at radius 2 is 1.61 bits per heavy atom. The lowest BCUT2D eigenvalue weighted by atomic mass is 9.52. The Morgan fingerprint density at radius 1 is 0.836 bits per heavy atom. The molecule has 4 aliphatic rings. The normalized spacial score (nSPS) is 25.2. The van der Waals surface area contributed by atoms with Gasteiger partial charge in [0.2, 0.25) is 23.6 Å². The highest BCUT2D eigenvalue weighted by atomic mass is 16.5. The van der Waals surface area contributed by atoms with Crippen LogP contribution in [0.15, 0.2) is 77.9 Å². The van der Waals surface area contributed by atoms with Crippen LogP contribution in [0.5, 0.6) is 0 Å². The highest BCUT2D eigenvalue weighted by Crippen LogP contribution is 2.64. The largest absolute Gasteiger partial charge is 0.392 e. The number of fused-ring (bicyclic) bond motifs is 5. The third-order valence-corrected chi connectivity index (χ3v) is 14.4. The minimum Gasteiger partial charge on any atom is -0.392 e. The predicted octanol–water partition coefficient (Wildman–Crippen LogP) is 8.20. The Kier molecular flexibility index (Phi) is 16.8. The van der Waals surface area contributed by atoms with Crippen LogP contribution in [0.2, 0.25) is 0 Å². The third kappa shape index (κ3) is 12.7. The second-order valence-electron chi connectivity index (χ2n) is 19.1. The first-order chi connectivity index (χ1) is 29.4. The minimum absolute atomic E-state index is 0.00561. The van der Waals surface area contributed by atoms with Crippen molar-refractivity contribution in [1.82, 2.24) is 16.0 Å². The lowest BCUT2D eigenvalue weighted by molar-refractivity contribution is -0.130. The second kappa shape index (κ2) is 22.2. The molecular weight excluding hydrogens is 765 g/mol. The molecular formula is C51H72N4O6. The molecule has 2 aromatic carbocycles. The molecule has 10 nitrogen and oxygen atoms in total. The molecule has 332 valence electrons. The van der Waals surface area contributed by atoms with Crippen molar-refractivity contribution in [2.45, 2.75) is 136 Å². The van der Waals surface area contributed by atoms with Gasteiger partial charge in [-0.15, -0.1) is 0 Å². The minimum atomic E-state index is -0.931. The van der Waals surface area contributed by atoms with Gasteiger partial charge in [0, 0.05) is 38.1 Å². The van der Waals surface area contributed by atoms with Gasteiger partial charge in [-0.3, -0.25) is 19.2 Å². The molecule has 6 rings (SSSR count). The lowest BCUT2D eigenvalue weighted by Gasteiger charge is -2.52. The number of hydrogen-bond acceptors (Lipinski definition) is 6. The molecule has 0 aromatic heterocycles. The number of amides is 4. The molecule has 0 bridgehead atoms. The van der Waals surface area contributed by atoms with Gasteiger partial charge in [-0.25, -0.2) is 0 Å². The van der Waals surface area contributed by atoms with Crippen molar-refractivity contribution < 1.29 is 29.0 Å². The Balaban J connectivity index is 0.879. The first kappa shape index (κ1) is 46.2. The quantitative estimate of drug-likeness (QED) is 0.0802. The first-order valence-electron chi connectivity index (χ1n) is 23.3. The maximum absolute atomic E-state index is 13.2. The fraction of sp³-hybridized carbons (Fsp3) is 0.608. The number of nitrogens with one attached hydrogen (secondary N) is 4. The van der Waals surface area contributed by atoms with E-state index in [0.29, 0.717) is 42.2 Å². The number of rotatable bonds is 21. The number of benzene rings is 2. The van der Waals surface area contributed by atoms with Gasteiger partial charge in [0.15, 0.2) is 0 Å². The summed E-state index contributed by atoms with van der Waals surface area (Å²) < 4.78 is 6.34. The summed E-state index contributed by atoms with van der Waals surface area (Å²) in [6.45, 7) is 10.5. The zero-order chi connectivity index (χ0) is 43.4. The molecule has 8 atom stereocenters. The van der Waals surface area contributed by atoms with Gasteiger partial charge in [-0.05, 0) is 127 Å². The molecule has 61 heavy (non-hydrogen) atoms. The predicted molar refractivity (Wildman–Crippen MR) is 241 cm³/mol. The highest BCUT2D eigenvalue weighted by Gasteiger charge is 2.55. The number of ether oxygens (including phenoxy) is 1. The molecule has 0 saturated heterocycles. The van der Waals surface area contributed by atoms with E-state index in [1.807, 2.05) is 30.3 Å². The van der Waals surface area contributed by atoms with Gasteiger partial charge in [0.05, 0.1) is 19.3 Å². The monoisotopic (exact) mass is 837 g/mol. The van der Waals surface area contributed by atoms with E-state index in [1.165, 1.54) is 56.9 Å². The first-order valence-corrected chi connectivity index (χ1v) is 23.3. The van der Waals surface area contributed by atoms with Crippen LogP contribution in [0, 0.1) is 40.9 Å². The van der Waals surface area contributed by atoms with Crippen LogP contribution in [0.3, 0.4) is 0 Å². The van der Waals surface area contributed by atoms with Gasteiger partial charge >= 0.3 is 0 Å². The van der Waals surface area contributed by atoms with Gasteiger partial charge in [0.1, 0.15) is 6.04 Å². The summed E-state index contributed by atoms with van der Waals surface area (Å²) in [7, 11) is 0. The SMILES string of the molecule is CC(C)CCC[C@@H](C)[C@H]1CCC2[C@@H]3CC=C4C[C@@H](OCCCNC(=O)CCC(=O)N[C@@H](Cc5ccccc5)C(=O)NCC(=O)Nc5ccc(CO)cc5)CC=C4[C@H]3CC[C@@]21C. The lowest BCUT2D eigenvalue weighted by Crippen LogP contribution is -2.49. The Morgan fingerprint density at radius 3 is 2.36 bits per heavy atom. The molecule has 0 heterocycles. The molecule has 10 heteroatoms. The second-order valence-corrected chi connectivity index (χ2v) is 19.1. The highest BCUT2D eigenvalue weighted by molar-refractivity contribution is 5.96. The molecule has 5 N–H and O–H groups in total. The van der Waals surface area contributed by atoms with Crippen LogP contribution in [0.1, 0.15) is 122 Å². The Labute approximate surface area is 364 Å². The Hall–Kier alpha value is -4.28. The van der Waals surface area contributed by atoms with Gasteiger partial charge in [-0.1, -0.05) is 102 Å². The molecule has 2 saturated carbocycles. The Bertz CT molecular complexity index is 1840. The molecule has 0 spiro atoms. The van der Waals surface area contributed by atoms with Crippen LogP contribution in [-0.4, -0.2) is 60.6 Å². The van der Waals surface area contributed by atoms with Crippen molar-refractivity contribution >= 4 is 29.3 Å². The van der Waals surface area contributed by atoms with Gasteiger partial charge in [-0.2, -0.15) is 0 Å². The van der Waals surface area contributed by atoms with E-state index in [9.17, 15) is 24.3 Å². The summed E-state index contributed by atoms with van der Waals surface area (Å²) in [5.41, 5.74) is 5.73. The van der Waals surface area contributed by atoms with Crippen LogP contribution < -0.4 is 21.3 Å². The molecule has 2 aromatic rings. The zero-order valence-corrected chi connectivity index (χ0v) is 37.2. The standard InChI is InChI=1S/C51H72N4O6/c1-34(2)10-8-11-35(3)44-22-23-45-43-20-16-38-31-40(19-21-41(38)42(43)26-27-51(44,45)4)61-29-9-28-52-47(57)24-25-48(58)55-46(30-36-12-6-5-7-13-36)50(60)53-32-49(59)54-39-17-14-37(33-56)15-18-39/h5-7,12-18,21,34-35,40,42-46,56H,8-11,19-20,22-33H2,1-4H3,(H,52,57)(H,53,60)(H,54,59)(H,55,58)/t35-,40+,42-,43-,44-,45?,46+,51-/m1/s1. The fourth-order valence-electron chi connectivity index (χ4n) is 11.2. The van der Waals surface area contributed by atoms with Crippen molar-refractivity contribution in [3.8, 4) is 0 Å². The van der Waals surface area contributed by atoms with Gasteiger partial charge < -0.3 is 31.1 Å². The molecule has 2 fully saturated rings. The topological polar surface area (TPSA) is 146 Å². The summed E-state index contributed by atoms with van der Waals surface area (Å²) in [6.07, 6.45) is 18.8. The molecule has 4 aliphatic carbocycles. The third-order valence-electron chi connectivity index (χ3n) is 14.4. The average molecular weight is 837 g/mol. The number of hydrogen-bond donors (Lipinski definition) is 5. The van der Waals surface area contributed by atoms with Gasteiger partial charge in [0.25, 0.3) is 0 Å². The van der Waals surface area contributed by atoms with Crippen molar-refractivity contribution in [2.75, 3.05) is 25.0 Å². The molecule has 4 amide bonds. The number of carbonyl (C=O) groups is 4. The number of allylic oxidation sites excluding steroid dienone is 2. The van der Waals surface area contributed by atoms with E-state index in [-0.39, 0.29) is 44.4 Å². The van der Waals surface area contributed by atoms with Crippen LogP contribution in [-0.2, 0) is 36.9 Å². The number of carbonyl (C=O) groups excluding carboxylic acids is 4. The molecule has 0 aliphatic heterocycles. The van der Waals surface area contributed by atoms with Crippen molar-refractivity contribution in [1.29, 1.82) is 0 Å². The smallest absolute Gasteiger partial charge is 0.243 e. The fourth-order valence-corrected chi connectivity index (χ4v) is 11.2. The molecule has 0 radical (unpaired) electrons. The van der Waals surface area contributed by atoms with Crippen molar-refractivity contribution in [3.05, 3.63) is 89.0 Å². The van der Waals surface area contributed by atoms with E-state index in [1.54, 1.807) is 29.8 Å². The van der Waals surface area contributed by atoms with Crippen LogP contribution >= 0.6 is 0 Å².